The Kier molecular flexibility index (Phi) is 5.66. The minimum atomic E-state index is -0.167. The highest BCUT2D eigenvalue weighted by Gasteiger charge is 2.16. The van der Waals surface area contributed by atoms with E-state index in [0.717, 1.165) is 38.0 Å². The molecule has 7 heteroatoms. The maximum absolute atomic E-state index is 12.8. The Balaban J connectivity index is 1.48. The minimum absolute atomic E-state index is 0.167. The van der Waals surface area contributed by atoms with Gasteiger partial charge in [0.1, 0.15) is 17.1 Å². The largest absolute Gasteiger partial charge is 0.496 e. The van der Waals surface area contributed by atoms with Crippen LogP contribution in [0.25, 0.3) is 32.2 Å². The number of rotatable bonds is 6. The van der Waals surface area contributed by atoms with Crippen molar-refractivity contribution in [1.82, 2.24) is 15.3 Å². The van der Waals surface area contributed by atoms with E-state index < -0.39 is 0 Å². The summed E-state index contributed by atoms with van der Waals surface area (Å²) in [5.41, 5.74) is 4.62. The average Bonchev–Trinajstić information content (AvgIpc) is 3.56. The third kappa shape index (κ3) is 4.00. The minimum Gasteiger partial charge on any atom is -0.496 e. The number of nitrogens with one attached hydrogen (secondary N) is 1. The lowest BCUT2D eigenvalue weighted by Gasteiger charge is -2.11. The summed E-state index contributed by atoms with van der Waals surface area (Å²) in [5, 5.41) is 7.03. The number of amides is 1. The van der Waals surface area contributed by atoms with Gasteiger partial charge in [0.2, 0.25) is 0 Å². The molecular weight excluding hydrogens is 438 g/mol. The second-order valence-corrected chi connectivity index (χ2v) is 8.97. The number of carbonyl (C=O) groups is 1. The van der Waals surface area contributed by atoms with Gasteiger partial charge in [-0.2, -0.15) is 0 Å². The first-order valence-corrected chi connectivity index (χ1v) is 11.8. The Morgan fingerprint density at radius 3 is 2.22 bits per heavy atom. The molecule has 0 unspecified atom stereocenters. The Labute approximate surface area is 193 Å². The van der Waals surface area contributed by atoms with Crippen LogP contribution in [0.5, 0.6) is 5.75 Å². The Morgan fingerprint density at radius 2 is 1.56 bits per heavy atom. The van der Waals surface area contributed by atoms with E-state index in [2.05, 4.69) is 11.4 Å². The Hall–Kier alpha value is -3.55. The quantitative estimate of drug-likeness (QED) is 0.338. The topological polar surface area (TPSA) is 64.1 Å². The fourth-order valence-electron chi connectivity index (χ4n) is 3.49. The van der Waals surface area contributed by atoms with Gasteiger partial charge >= 0.3 is 0 Å². The summed E-state index contributed by atoms with van der Waals surface area (Å²) in [7, 11) is 1.62. The van der Waals surface area contributed by atoms with Crippen LogP contribution in [-0.4, -0.2) is 23.0 Å². The molecule has 1 amide bonds. The number of aromatic nitrogens is 2. The zero-order valence-corrected chi connectivity index (χ0v) is 18.9. The molecule has 0 aliphatic carbocycles. The zero-order valence-electron chi connectivity index (χ0n) is 17.2. The first-order chi connectivity index (χ1) is 15.7. The second-order valence-electron chi connectivity index (χ2n) is 7.07. The van der Waals surface area contributed by atoms with E-state index in [1.54, 1.807) is 41.9 Å². The maximum atomic E-state index is 12.8. The Morgan fingerprint density at radius 1 is 0.875 bits per heavy atom. The summed E-state index contributed by atoms with van der Waals surface area (Å²) in [6, 6.07) is 21.2. The maximum Gasteiger partial charge on any atom is 0.251 e. The number of carbonyl (C=O) groups excluding carboxylic acids is 1. The third-order valence-corrected chi connectivity index (χ3v) is 6.82. The molecule has 2 aromatic carbocycles. The van der Waals surface area contributed by atoms with E-state index in [-0.39, 0.29) is 5.91 Å². The van der Waals surface area contributed by atoms with Crippen molar-refractivity contribution in [2.45, 2.75) is 6.54 Å². The number of hydrogen-bond acceptors (Lipinski definition) is 6. The van der Waals surface area contributed by atoms with Gasteiger partial charge in [-0.3, -0.25) is 4.79 Å². The number of nitrogens with zero attached hydrogens (tertiary/aromatic N) is 2. The SMILES string of the molecule is COc1ccccc1CNC(=O)c1ccc2nc(-c3cccs3)c(-c3cccs3)nc2c1. The molecule has 0 saturated heterocycles. The number of thiophene rings is 2. The number of ether oxygens (including phenoxy) is 1. The highest BCUT2D eigenvalue weighted by atomic mass is 32.1. The number of methoxy groups -OCH3 is 1. The summed E-state index contributed by atoms with van der Waals surface area (Å²) in [5.74, 6) is 0.582. The van der Waals surface area contributed by atoms with Gasteiger partial charge in [-0.05, 0) is 47.2 Å². The molecule has 1 N–H and O–H groups in total. The van der Waals surface area contributed by atoms with Gasteiger partial charge in [0.15, 0.2) is 0 Å². The number of para-hydroxylation sites is 1. The molecule has 0 fully saturated rings. The molecule has 3 heterocycles. The van der Waals surface area contributed by atoms with E-state index >= 15 is 0 Å². The van der Waals surface area contributed by atoms with Crippen molar-refractivity contribution >= 4 is 39.6 Å². The molecule has 158 valence electrons. The van der Waals surface area contributed by atoms with Crippen molar-refractivity contribution in [2.75, 3.05) is 7.11 Å². The van der Waals surface area contributed by atoms with Crippen molar-refractivity contribution < 1.29 is 9.53 Å². The lowest BCUT2D eigenvalue weighted by atomic mass is 10.1. The van der Waals surface area contributed by atoms with E-state index in [4.69, 9.17) is 14.7 Å². The third-order valence-electron chi connectivity index (χ3n) is 5.07. The second kappa shape index (κ2) is 8.90. The van der Waals surface area contributed by atoms with Gasteiger partial charge in [0.05, 0.1) is 27.9 Å². The molecule has 5 nitrogen and oxygen atoms in total. The summed E-state index contributed by atoms with van der Waals surface area (Å²) in [6.45, 7) is 0.379. The van der Waals surface area contributed by atoms with Gasteiger partial charge in [-0.1, -0.05) is 30.3 Å². The van der Waals surface area contributed by atoms with Crippen LogP contribution in [0.1, 0.15) is 15.9 Å². The van der Waals surface area contributed by atoms with Crippen LogP contribution in [0.2, 0.25) is 0 Å². The van der Waals surface area contributed by atoms with Crippen LogP contribution < -0.4 is 10.1 Å². The summed E-state index contributed by atoms with van der Waals surface area (Å²) in [6.07, 6.45) is 0. The van der Waals surface area contributed by atoms with Crippen LogP contribution >= 0.6 is 22.7 Å². The van der Waals surface area contributed by atoms with Crippen LogP contribution in [0.4, 0.5) is 0 Å². The monoisotopic (exact) mass is 457 g/mol. The molecule has 5 rings (SSSR count). The highest BCUT2D eigenvalue weighted by molar-refractivity contribution is 7.14. The van der Waals surface area contributed by atoms with Gasteiger partial charge < -0.3 is 10.1 Å². The molecule has 0 aliphatic rings. The lowest BCUT2D eigenvalue weighted by Crippen LogP contribution is -2.23. The van der Waals surface area contributed by atoms with Crippen molar-refractivity contribution in [3.63, 3.8) is 0 Å². The average molecular weight is 458 g/mol. The predicted molar refractivity (Wildman–Crippen MR) is 130 cm³/mol. The van der Waals surface area contributed by atoms with Crippen LogP contribution in [0.15, 0.2) is 77.5 Å². The Bertz CT molecular complexity index is 1380. The summed E-state index contributed by atoms with van der Waals surface area (Å²) >= 11 is 3.27. The van der Waals surface area contributed by atoms with E-state index in [1.807, 2.05) is 59.3 Å². The molecule has 3 aromatic heterocycles. The molecular formula is C25H19N3O2S2. The van der Waals surface area contributed by atoms with Crippen molar-refractivity contribution in [2.24, 2.45) is 0 Å². The van der Waals surface area contributed by atoms with Gasteiger partial charge in [0, 0.05) is 17.7 Å². The molecule has 5 aromatic rings. The van der Waals surface area contributed by atoms with Gasteiger partial charge in [-0.25, -0.2) is 9.97 Å². The predicted octanol–water partition coefficient (Wildman–Crippen LogP) is 6.03. The highest BCUT2D eigenvalue weighted by Crippen LogP contribution is 2.35. The number of hydrogen-bond donors (Lipinski definition) is 1. The normalized spacial score (nSPS) is 10.9. The standard InChI is InChI=1S/C25H19N3O2S2/c1-30-20-7-3-2-6-17(20)15-26-25(29)16-10-11-18-19(14-16)28-24(22-9-5-13-32-22)23(27-18)21-8-4-12-31-21/h2-14H,15H2,1H3,(H,26,29). The molecule has 0 spiro atoms. The molecule has 0 saturated carbocycles. The molecule has 0 atom stereocenters. The fraction of sp³-hybridized carbons (Fsp3) is 0.0800. The van der Waals surface area contributed by atoms with Crippen molar-refractivity contribution in [1.29, 1.82) is 0 Å². The van der Waals surface area contributed by atoms with Crippen molar-refractivity contribution in [3.8, 4) is 26.9 Å². The molecule has 0 radical (unpaired) electrons. The summed E-state index contributed by atoms with van der Waals surface area (Å²) in [4.78, 5) is 24.8. The number of benzene rings is 2. The first kappa shape index (κ1) is 20.4. The fourth-order valence-corrected chi connectivity index (χ4v) is 4.92. The molecule has 32 heavy (non-hydrogen) atoms. The lowest BCUT2D eigenvalue weighted by molar-refractivity contribution is 0.0951. The van der Waals surface area contributed by atoms with Crippen LogP contribution in [0, 0.1) is 0 Å². The first-order valence-electron chi connectivity index (χ1n) is 10.0. The molecule has 0 aliphatic heterocycles. The number of fused-ring (bicyclic) bond motifs is 1. The van der Waals surface area contributed by atoms with E-state index in [9.17, 15) is 4.79 Å². The van der Waals surface area contributed by atoms with Crippen LogP contribution in [-0.2, 0) is 6.54 Å². The van der Waals surface area contributed by atoms with E-state index in [0.29, 0.717) is 17.6 Å². The summed E-state index contributed by atoms with van der Waals surface area (Å²) < 4.78 is 5.36. The van der Waals surface area contributed by atoms with Crippen molar-refractivity contribution in [3.05, 3.63) is 88.6 Å². The van der Waals surface area contributed by atoms with Gasteiger partial charge in [-0.15, -0.1) is 22.7 Å². The van der Waals surface area contributed by atoms with E-state index in [1.165, 1.54) is 0 Å². The zero-order chi connectivity index (χ0) is 21.9. The van der Waals surface area contributed by atoms with Crippen LogP contribution in [0.3, 0.4) is 0 Å². The smallest absolute Gasteiger partial charge is 0.251 e. The molecule has 0 bridgehead atoms. The van der Waals surface area contributed by atoms with Gasteiger partial charge in [0.25, 0.3) is 5.91 Å².